The molecule has 1 aromatic carbocycles. The number of pyridine rings is 1. The Labute approximate surface area is 123 Å². The van der Waals surface area contributed by atoms with Gasteiger partial charge in [0.1, 0.15) is 13.2 Å². The Morgan fingerprint density at radius 1 is 1.14 bits per heavy atom. The molecule has 21 heavy (non-hydrogen) atoms. The van der Waals surface area contributed by atoms with Crippen molar-refractivity contribution in [3.8, 4) is 11.5 Å². The molecule has 0 amide bonds. The van der Waals surface area contributed by atoms with Crippen LogP contribution in [0.4, 0.5) is 5.69 Å². The van der Waals surface area contributed by atoms with Gasteiger partial charge < -0.3 is 9.47 Å². The van der Waals surface area contributed by atoms with Crippen molar-refractivity contribution in [2.24, 2.45) is 0 Å². The fourth-order valence-electron chi connectivity index (χ4n) is 2.02. The second kappa shape index (κ2) is 5.25. The molecule has 0 unspecified atom stereocenters. The minimum atomic E-state index is -3.67. The molecule has 0 aliphatic carbocycles. The molecule has 1 aromatic heterocycles. The molecule has 6 nitrogen and oxygen atoms in total. The van der Waals surface area contributed by atoms with E-state index in [-0.39, 0.29) is 4.90 Å². The number of aromatic nitrogens is 1. The Morgan fingerprint density at radius 2 is 1.90 bits per heavy atom. The van der Waals surface area contributed by atoms with Crippen LogP contribution in [0.5, 0.6) is 11.5 Å². The molecule has 2 heterocycles. The molecule has 0 spiro atoms. The lowest BCUT2D eigenvalue weighted by Crippen LogP contribution is -2.27. The van der Waals surface area contributed by atoms with E-state index < -0.39 is 10.0 Å². The Bertz CT molecular complexity index is 747. The number of sulfonamides is 1. The lowest BCUT2D eigenvalue weighted by Gasteiger charge is -2.22. The van der Waals surface area contributed by atoms with Crippen LogP contribution in [0.3, 0.4) is 0 Å². The summed E-state index contributed by atoms with van der Waals surface area (Å²) in [6.45, 7) is 0.879. The van der Waals surface area contributed by atoms with Crippen LogP contribution in [0.1, 0.15) is 0 Å². The van der Waals surface area contributed by atoms with Gasteiger partial charge in [-0.3, -0.25) is 9.29 Å². The first kappa shape index (κ1) is 13.7. The molecule has 2 aromatic rings. The number of nitrogens with zero attached hydrogens (tertiary/aromatic N) is 2. The number of fused-ring (bicyclic) bond motifs is 1. The summed E-state index contributed by atoms with van der Waals surface area (Å²) in [6, 6.07) is 7.97. The zero-order valence-electron chi connectivity index (χ0n) is 11.4. The van der Waals surface area contributed by atoms with Crippen LogP contribution in [0.2, 0.25) is 0 Å². The van der Waals surface area contributed by atoms with Crippen LogP contribution in [0.25, 0.3) is 0 Å². The van der Waals surface area contributed by atoms with E-state index in [9.17, 15) is 8.42 Å². The molecule has 1 aliphatic heterocycles. The van der Waals surface area contributed by atoms with E-state index in [0.717, 1.165) is 0 Å². The molecule has 0 saturated heterocycles. The van der Waals surface area contributed by atoms with Crippen molar-refractivity contribution in [1.82, 2.24) is 4.98 Å². The third-order valence-corrected chi connectivity index (χ3v) is 4.96. The van der Waals surface area contributed by atoms with Crippen molar-refractivity contribution in [3.63, 3.8) is 0 Å². The zero-order chi connectivity index (χ0) is 14.9. The van der Waals surface area contributed by atoms with Crippen molar-refractivity contribution in [2.45, 2.75) is 4.90 Å². The second-order valence-corrected chi connectivity index (χ2v) is 6.46. The molecule has 1 aliphatic rings. The van der Waals surface area contributed by atoms with Gasteiger partial charge in [0.05, 0.1) is 16.8 Å². The minimum absolute atomic E-state index is 0.151. The van der Waals surface area contributed by atoms with Crippen molar-refractivity contribution in [3.05, 3.63) is 42.7 Å². The summed E-state index contributed by atoms with van der Waals surface area (Å²) >= 11 is 0. The molecule has 0 atom stereocenters. The van der Waals surface area contributed by atoms with Gasteiger partial charge in [-0.1, -0.05) is 0 Å². The summed E-state index contributed by atoms with van der Waals surface area (Å²) in [5.74, 6) is 1.01. The van der Waals surface area contributed by atoms with Crippen molar-refractivity contribution in [1.29, 1.82) is 0 Å². The van der Waals surface area contributed by atoms with E-state index in [2.05, 4.69) is 4.98 Å². The molecule has 0 saturated carbocycles. The lowest BCUT2D eigenvalue weighted by molar-refractivity contribution is 0.171. The summed E-state index contributed by atoms with van der Waals surface area (Å²) in [5, 5.41) is 0. The highest BCUT2D eigenvalue weighted by molar-refractivity contribution is 7.92. The van der Waals surface area contributed by atoms with Crippen molar-refractivity contribution >= 4 is 15.7 Å². The number of hydrogen-bond acceptors (Lipinski definition) is 5. The molecule has 0 N–H and O–H groups in total. The summed E-state index contributed by atoms with van der Waals surface area (Å²) < 4.78 is 37.2. The van der Waals surface area contributed by atoms with Gasteiger partial charge in [0, 0.05) is 19.3 Å². The molecule has 0 fully saturated rings. The van der Waals surface area contributed by atoms with E-state index in [0.29, 0.717) is 30.4 Å². The fraction of sp³-hybridized carbons (Fsp3) is 0.214. The standard InChI is InChI=1S/C14H14N2O4S/c1-16(11-3-2-6-15-10-11)21(17,18)12-4-5-13-14(9-12)20-8-7-19-13/h2-6,9-10H,7-8H2,1H3. The Morgan fingerprint density at radius 3 is 2.62 bits per heavy atom. The smallest absolute Gasteiger partial charge is 0.264 e. The number of benzene rings is 1. The fourth-order valence-corrected chi connectivity index (χ4v) is 3.22. The van der Waals surface area contributed by atoms with Crippen LogP contribution in [-0.4, -0.2) is 33.7 Å². The number of anilines is 1. The lowest BCUT2D eigenvalue weighted by atomic mass is 10.3. The number of ether oxygens (including phenoxy) is 2. The first-order valence-corrected chi connectivity index (χ1v) is 7.81. The summed E-state index contributed by atoms with van der Waals surface area (Å²) in [7, 11) is -2.18. The monoisotopic (exact) mass is 306 g/mol. The maximum Gasteiger partial charge on any atom is 0.264 e. The SMILES string of the molecule is CN(c1cccnc1)S(=O)(=O)c1ccc2c(c1)OCCO2. The van der Waals surface area contributed by atoms with Crippen LogP contribution in [-0.2, 0) is 10.0 Å². The third-order valence-electron chi connectivity index (χ3n) is 3.18. The molecule has 7 heteroatoms. The predicted octanol–water partition coefficient (Wildman–Crippen LogP) is 1.68. The maximum absolute atomic E-state index is 12.6. The predicted molar refractivity (Wildman–Crippen MR) is 77.3 cm³/mol. The summed E-state index contributed by atoms with van der Waals surface area (Å²) in [6.07, 6.45) is 3.09. The summed E-state index contributed by atoms with van der Waals surface area (Å²) in [4.78, 5) is 4.08. The highest BCUT2D eigenvalue weighted by Gasteiger charge is 2.24. The van der Waals surface area contributed by atoms with E-state index in [1.807, 2.05) is 0 Å². The van der Waals surface area contributed by atoms with Crippen LogP contribution < -0.4 is 13.8 Å². The molecule has 0 radical (unpaired) electrons. The Hall–Kier alpha value is -2.28. The molecular formula is C14H14N2O4S. The van der Waals surface area contributed by atoms with Crippen molar-refractivity contribution in [2.75, 3.05) is 24.6 Å². The van der Waals surface area contributed by atoms with Crippen LogP contribution in [0, 0.1) is 0 Å². The van der Waals surface area contributed by atoms with Gasteiger partial charge in [-0.05, 0) is 24.3 Å². The van der Waals surface area contributed by atoms with E-state index in [1.165, 1.54) is 29.7 Å². The zero-order valence-corrected chi connectivity index (χ0v) is 12.2. The largest absolute Gasteiger partial charge is 0.486 e. The second-order valence-electron chi connectivity index (χ2n) is 4.49. The Balaban J connectivity index is 1.98. The van der Waals surface area contributed by atoms with E-state index in [1.54, 1.807) is 24.4 Å². The minimum Gasteiger partial charge on any atom is -0.486 e. The third kappa shape index (κ3) is 2.52. The van der Waals surface area contributed by atoms with Gasteiger partial charge in [0.15, 0.2) is 11.5 Å². The van der Waals surface area contributed by atoms with Gasteiger partial charge in [0.2, 0.25) is 0 Å². The summed E-state index contributed by atoms with van der Waals surface area (Å²) in [5.41, 5.74) is 0.493. The van der Waals surface area contributed by atoms with Gasteiger partial charge >= 0.3 is 0 Å². The first-order chi connectivity index (χ1) is 10.1. The molecule has 3 rings (SSSR count). The molecular weight excluding hydrogens is 292 g/mol. The average Bonchev–Trinajstić information content (AvgIpc) is 2.54. The first-order valence-electron chi connectivity index (χ1n) is 6.37. The molecule has 0 bridgehead atoms. The normalized spacial score (nSPS) is 13.8. The van der Waals surface area contributed by atoms with Gasteiger partial charge in [-0.25, -0.2) is 8.42 Å². The highest BCUT2D eigenvalue weighted by atomic mass is 32.2. The van der Waals surface area contributed by atoms with Crippen LogP contribution in [0.15, 0.2) is 47.6 Å². The average molecular weight is 306 g/mol. The quantitative estimate of drug-likeness (QED) is 0.863. The number of rotatable bonds is 3. The van der Waals surface area contributed by atoms with Gasteiger partial charge in [-0.15, -0.1) is 0 Å². The Kier molecular flexibility index (Phi) is 3.42. The highest BCUT2D eigenvalue weighted by Crippen LogP contribution is 2.33. The van der Waals surface area contributed by atoms with Crippen molar-refractivity contribution < 1.29 is 17.9 Å². The van der Waals surface area contributed by atoms with E-state index >= 15 is 0 Å². The topological polar surface area (TPSA) is 68.7 Å². The van der Waals surface area contributed by atoms with Gasteiger partial charge in [0.25, 0.3) is 10.0 Å². The van der Waals surface area contributed by atoms with Crippen LogP contribution >= 0.6 is 0 Å². The van der Waals surface area contributed by atoms with E-state index in [4.69, 9.17) is 9.47 Å². The molecule has 110 valence electrons. The maximum atomic E-state index is 12.6. The van der Waals surface area contributed by atoms with Gasteiger partial charge in [-0.2, -0.15) is 0 Å². The number of hydrogen-bond donors (Lipinski definition) is 0.